The molecule has 1 amide bonds. The monoisotopic (exact) mass is 712 g/mol. The summed E-state index contributed by atoms with van der Waals surface area (Å²) in [6, 6.07) is -0.814. The van der Waals surface area contributed by atoms with Crippen molar-refractivity contribution in [3.8, 4) is 0 Å². The maximum Gasteiger partial charge on any atom is 0.220 e. The number of unbranched alkanes of at least 4 members (excludes halogenated alkanes) is 21. The molecule has 7 atom stereocenters. The summed E-state index contributed by atoms with van der Waals surface area (Å²) in [5, 5.41) is 53.9. The van der Waals surface area contributed by atoms with Gasteiger partial charge in [-0.25, -0.2) is 0 Å². The highest BCUT2D eigenvalue weighted by atomic mass is 16.7. The first-order valence-electron chi connectivity index (χ1n) is 20.6. The van der Waals surface area contributed by atoms with E-state index < -0.39 is 49.5 Å². The smallest absolute Gasteiger partial charge is 0.220 e. The SMILES string of the molecule is CCCCCCCC/C=C/CC/C=C/C(O)C(COC1OC(CO)C(O)C(O)C1O)NC(=O)CCCCCCCCCCCCCCCCC. The van der Waals surface area contributed by atoms with Crippen molar-refractivity contribution in [2.45, 2.75) is 217 Å². The molecule has 1 aliphatic rings. The molecule has 0 aliphatic carbocycles. The van der Waals surface area contributed by atoms with Gasteiger partial charge in [-0.3, -0.25) is 4.79 Å². The van der Waals surface area contributed by atoms with Crippen LogP contribution in [0.2, 0.25) is 0 Å². The summed E-state index contributed by atoms with van der Waals surface area (Å²) in [7, 11) is 0. The molecule has 0 spiro atoms. The van der Waals surface area contributed by atoms with Gasteiger partial charge in [-0.1, -0.05) is 160 Å². The van der Waals surface area contributed by atoms with Crippen molar-refractivity contribution in [1.29, 1.82) is 0 Å². The van der Waals surface area contributed by atoms with Crippen LogP contribution in [0.25, 0.3) is 0 Å². The molecular formula is C41H77NO8. The van der Waals surface area contributed by atoms with E-state index in [0.717, 1.165) is 38.5 Å². The molecule has 0 radical (unpaired) electrons. The summed E-state index contributed by atoms with van der Waals surface area (Å²) in [4.78, 5) is 12.9. The lowest BCUT2D eigenvalue weighted by atomic mass is 9.99. The fourth-order valence-electron chi connectivity index (χ4n) is 6.41. The Morgan fingerprint density at radius 1 is 0.660 bits per heavy atom. The van der Waals surface area contributed by atoms with Gasteiger partial charge in [0.15, 0.2) is 6.29 Å². The van der Waals surface area contributed by atoms with E-state index in [0.29, 0.717) is 6.42 Å². The second-order valence-corrected chi connectivity index (χ2v) is 14.4. The predicted octanol–water partition coefficient (Wildman–Crippen LogP) is 7.55. The van der Waals surface area contributed by atoms with Crippen LogP contribution in [0.3, 0.4) is 0 Å². The van der Waals surface area contributed by atoms with Crippen LogP contribution in [0.5, 0.6) is 0 Å². The average Bonchev–Trinajstić information content (AvgIpc) is 3.11. The molecule has 1 saturated heterocycles. The number of hydrogen-bond donors (Lipinski definition) is 6. The van der Waals surface area contributed by atoms with Crippen molar-refractivity contribution in [2.75, 3.05) is 13.2 Å². The van der Waals surface area contributed by atoms with Crippen molar-refractivity contribution in [1.82, 2.24) is 5.32 Å². The van der Waals surface area contributed by atoms with Crippen LogP contribution in [0.4, 0.5) is 0 Å². The van der Waals surface area contributed by atoms with Gasteiger partial charge in [0.1, 0.15) is 24.4 Å². The van der Waals surface area contributed by atoms with E-state index in [9.17, 15) is 30.3 Å². The molecule has 7 unspecified atom stereocenters. The van der Waals surface area contributed by atoms with E-state index in [1.165, 1.54) is 116 Å². The number of aliphatic hydroxyl groups is 5. The second-order valence-electron chi connectivity index (χ2n) is 14.4. The third-order valence-electron chi connectivity index (χ3n) is 9.78. The van der Waals surface area contributed by atoms with Crippen molar-refractivity contribution >= 4 is 5.91 Å². The standard InChI is InChI=1S/C41H77NO8/c1-3-5-7-9-11-13-15-17-18-19-21-23-25-27-29-31-37(45)42-34(33-49-41-40(48)39(47)38(46)36(32-43)50-41)35(44)30-28-26-24-22-20-16-14-12-10-8-6-4-2/h20,22,28,30,34-36,38-41,43-44,46-48H,3-19,21,23-27,29,31-33H2,1-2H3,(H,42,45)/b22-20+,30-28+. The molecule has 0 aromatic carbocycles. The Morgan fingerprint density at radius 3 is 1.68 bits per heavy atom. The Morgan fingerprint density at radius 2 is 1.14 bits per heavy atom. The molecular weight excluding hydrogens is 634 g/mol. The molecule has 0 aromatic heterocycles. The maximum absolute atomic E-state index is 12.9. The van der Waals surface area contributed by atoms with Gasteiger partial charge >= 0.3 is 0 Å². The average molecular weight is 712 g/mol. The van der Waals surface area contributed by atoms with E-state index in [-0.39, 0.29) is 12.5 Å². The van der Waals surface area contributed by atoms with E-state index >= 15 is 0 Å². The van der Waals surface area contributed by atoms with Crippen LogP contribution in [0, 0.1) is 0 Å². The molecule has 50 heavy (non-hydrogen) atoms. The van der Waals surface area contributed by atoms with Gasteiger partial charge < -0.3 is 40.3 Å². The topological polar surface area (TPSA) is 149 Å². The third-order valence-corrected chi connectivity index (χ3v) is 9.78. The highest BCUT2D eigenvalue weighted by molar-refractivity contribution is 5.76. The van der Waals surface area contributed by atoms with Crippen LogP contribution < -0.4 is 5.32 Å². The van der Waals surface area contributed by atoms with Crippen LogP contribution in [-0.4, -0.2) is 87.5 Å². The highest BCUT2D eigenvalue weighted by Crippen LogP contribution is 2.22. The number of allylic oxidation sites excluding steroid dienone is 3. The molecule has 6 N–H and O–H groups in total. The van der Waals surface area contributed by atoms with E-state index in [4.69, 9.17) is 9.47 Å². The zero-order valence-corrected chi connectivity index (χ0v) is 31.9. The summed E-state index contributed by atoms with van der Waals surface area (Å²) in [5.74, 6) is -0.188. The molecule has 1 rings (SSSR count). The van der Waals surface area contributed by atoms with Gasteiger partial charge in [0, 0.05) is 6.42 Å². The molecule has 0 aromatic rings. The Bertz CT molecular complexity index is 837. The fraction of sp³-hybridized carbons (Fsp3) is 0.878. The molecule has 1 heterocycles. The number of amides is 1. The van der Waals surface area contributed by atoms with Gasteiger partial charge in [-0.15, -0.1) is 0 Å². The minimum absolute atomic E-state index is 0.188. The number of ether oxygens (including phenoxy) is 2. The lowest BCUT2D eigenvalue weighted by Crippen LogP contribution is -2.60. The lowest BCUT2D eigenvalue weighted by Gasteiger charge is -2.40. The van der Waals surface area contributed by atoms with Gasteiger partial charge in [0.05, 0.1) is 25.4 Å². The summed E-state index contributed by atoms with van der Waals surface area (Å²) in [6.45, 7) is 3.72. The van der Waals surface area contributed by atoms with E-state index in [2.05, 4.69) is 31.3 Å². The summed E-state index contributed by atoms with van der Waals surface area (Å²) in [6.07, 6.45) is 29.3. The number of nitrogens with one attached hydrogen (secondary N) is 1. The lowest BCUT2D eigenvalue weighted by molar-refractivity contribution is -0.302. The molecule has 9 heteroatoms. The Labute approximate surface area is 305 Å². The fourth-order valence-corrected chi connectivity index (χ4v) is 6.41. The Balaban J connectivity index is 2.43. The minimum Gasteiger partial charge on any atom is -0.394 e. The summed E-state index contributed by atoms with van der Waals surface area (Å²) in [5.41, 5.74) is 0. The van der Waals surface area contributed by atoms with Crippen LogP contribution in [-0.2, 0) is 14.3 Å². The number of rotatable bonds is 33. The Hall–Kier alpha value is -1.33. The normalized spacial score (nSPS) is 22.4. The highest BCUT2D eigenvalue weighted by Gasteiger charge is 2.44. The summed E-state index contributed by atoms with van der Waals surface area (Å²) >= 11 is 0. The molecule has 0 bridgehead atoms. The molecule has 0 saturated carbocycles. The third kappa shape index (κ3) is 23.3. The zero-order valence-electron chi connectivity index (χ0n) is 31.9. The first-order chi connectivity index (χ1) is 24.3. The van der Waals surface area contributed by atoms with Gasteiger partial charge in [0.25, 0.3) is 0 Å². The quantitative estimate of drug-likeness (QED) is 0.0302. The van der Waals surface area contributed by atoms with Crippen molar-refractivity contribution in [3.05, 3.63) is 24.3 Å². The Kier molecular flexibility index (Phi) is 30.2. The summed E-state index contributed by atoms with van der Waals surface area (Å²) < 4.78 is 11.2. The van der Waals surface area contributed by atoms with Crippen LogP contribution in [0.15, 0.2) is 24.3 Å². The molecule has 9 nitrogen and oxygen atoms in total. The first kappa shape index (κ1) is 46.7. The van der Waals surface area contributed by atoms with Crippen LogP contribution >= 0.6 is 0 Å². The second kappa shape index (κ2) is 32.3. The van der Waals surface area contributed by atoms with Gasteiger partial charge in [-0.2, -0.15) is 0 Å². The number of carbonyl (C=O) groups is 1. The number of hydrogen-bond acceptors (Lipinski definition) is 8. The number of aliphatic hydroxyl groups excluding tert-OH is 5. The largest absolute Gasteiger partial charge is 0.394 e. The minimum atomic E-state index is -1.57. The van der Waals surface area contributed by atoms with Crippen LogP contribution in [0.1, 0.15) is 174 Å². The number of carbonyl (C=O) groups excluding carboxylic acids is 1. The van der Waals surface area contributed by atoms with Crippen molar-refractivity contribution < 1.29 is 39.8 Å². The van der Waals surface area contributed by atoms with E-state index in [1.807, 2.05) is 6.08 Å². The molecule has 1 aliphatic heterocycles. The first-order valence-corrected chi connectivity index (χ1v) is 20.6. The van der Waals surface area contributed by atoms with Gasteiger partial charge in [0.2, 0.25) is 5.91 Å². The van der Waals surface area contributed by atoms with Gasteiger partial charge in [-0.05, 0) is 32.1 Å². The molecule has 294 valence electrons. The van der Waals surface area contributed by atoms with E-state index in [1.54, 1.807) is 6.08 Å². The van der Waals surface area contributed by atoms with Crippen molar-refractivity contribution in [3.63, 3.8) is 0 Å². The zero-order chi connectivity index (χ0) is 36.7. The van der Waals surface area contributed by atoms with Crippen molar-refractivity contribution in [2.24, 2.45) is 0 Å². The maximum atomic E-state index is 12.9. The predicted molar refractivity (Wildman–Crippen MR) is 203 cm³/mol. The molecule has 1 fully saturated rings.